The number of aryl methyl sites for hydroxylation is 1. The highest BCUT2D eigenvalue weighted by Crippen LogP contribution is 2.12. The maximum absolute atomic E-state index is 11.9. The van der Waals surface area contributed by atoms with Crippen LogP contribution < -0.4 is 15.4 Å². The van der Waals surface area contributed by atoms with Crippen LogP contribution in [0.15, 0.2) is 48.5 Å². The van der Waals surface area contributed by atoms with E-state index in [1.165, 1.54) is 12.5 Å². The van der Waals surface area contributed by atoms with Gasteiger partial charge in [-0.1, -0.05) is 29.8 Å². The largest absolute Gasteiger partial charge is 0.494 e. The van der Waals surface area contributed by atoms with Crippen molar-refractivity contribution in [1.82, 2.24) is 5.32 Å². The van der Waals surface area contributed by atoms with Crippen molar-refractivity contribution in [2.45, 2.75) is 26.7 Å². The Bertz CT molecular complexity index is 788. The van der Waals surface area contributed by atoms with E-state index < -0.39 is 0 Å². The fourth-order valence-corrected chi connectivity index (χ4v) is 2.46. The molecule has 0 fully saturated rings. The molecule has 0 aromatic heterocycles. The molecule has 0 unspecified atom stereocenters. The fourth-order valence-electron chi connectivity index (χ4n) is 2.22. The lowest BCUT2D eigenvalue weighted by atomic mass is 10.1. The number of amides is 1. The zero-order valence-electron chi connectivity index (χ0n) is 14.9. The van der Waals surface area contributed by atoms with Crippen LogP contribution in [0.2, 0.25) is 0 Å². The fraction of sp³-hybridized carbons (Fsp3) is 0.250. The monoisotopic (exact) mass is 370 g/mol. The Hall–Kier alpha value is -2.73. The van der Waals surface area contributed by atoms with E-state index in [2.05, 4.69) is 10.6 Å². The van der Waals surface area contributed by atoms with Crippen LogP contribution in [0.3, 0.4) is 0 Å². The highest BCUT2D eigenvalue weighted by molar-refractivity contribution is 7.80. The average Bonchev–Trinajstić information content (AvgIpc) is 2.60. The number of rotatable bonds is 7. The SMILES string of the molecule is CC(=O)c1cccc(NC(=S)NC(=O)CCCOc2ccc(C)cc2)c1. The van der Waals surface area contributed by atoms with Crippen LogP contribution in [0, 0.1) is 6.92 Å². The molecule has 0 saturated carbocycles. The summed E-state index contributed by atoms with van der Waals surface area (Å²) in [7, 11) is 0. The molecule has 6 heteroatoms. The van der Waals surface area contributed by atoms with Gasteiger partial charge in [0.15, 0.2) is 10.9 Å². The molecule has 1 amide bonds. The third-order valence-corrected chi connectivity index (χ3v) is 3.82. The number of hydrogen-bond acceptors (Lipinski definition) is 4. The number of ether oxygens (including phenoxy) is 1. The summed E-state index contributed by atoms with van der Waals surface area (Å²) in [6.45, 7) is 3.97. The predicted octanol–water partition coefficient (Wildman–Crippen LogP) is 3.87. The summed E-state index contributed by atoms with van der Waals surface area (Å²) in [5, 5.41) is 5.73. The highest BCUT2D eigenvalue weighted by Gasteiger charge is 2.06. The van der Waals surface area contributed by atoms with Crippen molar-refractivity contribution in [2.75, 3.05) is 11.9 Å². The van der Waals surface area contributed by atoms with Gasteiger partial charge in [0.25, 0.3) is 0 Å². The number of carbonyl (C=O) groups excluding carboxylic acids is 2. The van der Waals surface area contributed by atoms with E-state index in [0.717, 1.165) is 5.75 Å². The van der Waals surface area contributed by atoms with Crippen LogP contribution in [0.25, 0.3) is 0 Å². The number of ketones is 1. The normalized spacial score (nSPS) is 10.1. The van der Waals surface area contributed by atoms with Gasteiger partial charge in [-0.3, -0.25) is 9.59 Å². The van der Waals surface area contributed by atoms with Crippen molar-refractivity contribution < 1.29 is 14.3 Å². The molecule has 2 aromatic rings. The van der Waals surface area contributed by atoms with Crippen molar-refractivity contribution in [2.24, 2.45) is 0 Å². The molecule has 0 aliphatic carbocycles. The summed E-state index contributed by atoms with van der Waals surface area (Å²) in [5.74, 6) is 0.577. The molecule has 2 N–H and O–H groups in total. The van der Waals surface area contributed by atoms with Crippen molar-refractivity contribution in [3.8, 4) is 5.75 Å². The zero-order valence-corrected chi connectivity index (χ0v) is 15.7. The Kier molecular flexibility index (Phi) is 7.29. The molecule has 5 nitrogen and oxygen atoms in total. The van der Waals surface area contributed by atoms with Gasteiger partial charge in [0.05, 0.1) is 6.61 Å². The molecule has 0 atom stereocenters. The minimum absolute atomic E-state index is 0.0304. The van der Waals surface area contributed by atoms with Crippen molar-refractivity contribution in [3.63, 3.8) is 0 Å². The first-order valence-electron chi connectivity index (χ1n) is 8.35. The Morgan fingerprint density at radius 3 is 2.54 bits per heavy atom. The van der Waals surface area contributed by atoms with Crippen molar-refractivity contribution in [1.29, 1.82) is 0 Å². The van der Waals surface area contributed by atoms with Crippen molar-refractivity contribution >= 4 is 34.7 Å². The Labute approximate surface area is 158 Å². The van der Waals surface area contributed by atoms with E-state index in [1.807, 2.05) is 31.2 Å². The van der Waals surface area contributed by atoms with E-state index >= 15 is 0 Å². The van der Waals surface area contributed by atoms with Crippen LogP contribution in [0.4, 0.5) is 5.69 Å². The first kappa shape index (κ1) is 19.6. The molecule has 0 bridgehead atoms. The Morgan fingerprint density at radius 1 is 1.12 bits per heavy atom. The van der Waals surface area contributed by atoms with Gasteiger partial charge in [-0.2, -0.15) is 0 Å². The van der Waals surface area contributed by atoms with Crippen LogP contribution >= 0.6 is 12.2 Å². The van der Waals surface area contributed by atoms with Crippen LogP contribution in [-0.2, 0) is 4.79 Å². The third kappa shape index (κ3) is 6.64. The lowest BCUT2D eigenvalue weighted by molar-refractivity contribution is -0.119. The second-order valence-electron chi connectivity index (χ2n) is 5.90. The number of hydrogen-bond donors (Lipinski definition) is 2. The molecular formula is C20H22N2O3S. The van der Waals surface area contributed by atoms with Crippen LogP contribution in [0.1, 0.15) is 35.7 Å². The van der Waals surface area contributed by atoms with Gasteiger partial charge in [-0.15, -0.1) is 0 Å². The van der Waals surface area contributed by atoms with Gasteiger partial charge in [-0.25, -0.2) is 0 Å². The number of Topliss-reactive ketones (excluding diaryl/α,β-unsaturated/α-hetero) is 1. The molecule has 26 heavy (non-hydrogen) atoms. The predicted molar refractivity (Wildman–Crippen MR) is 107 cm³/mol. The smallest absolute Gasteiger partial charge is 0.226 e. The maximum atomic E-state index is 11.9. The molecule has 0 aliphatic heterocycles. The van der Waals surface area contributed by atoms with Gasteiger partial charge in [0.1, 0.15) is 5.75 Å². The van der Waals surface area contributed by atoms with Crippen molar-refractivity contribution in [3.05, 3.63) is 59.7 Å². The summed E-state index contributed by atoms with van der Waals surface area (Å²) in [6.07, 6.45) is 0.892. The average molecular weight is 370 g/mol. The number of nitrogens with one attached hydrogen (secondary N) is 2. The third-order valence-electron chi connectivity index (χ3n) is 3.62. The lowest BCUT2D eigenvalue weighted by Crippen LogP contribution is -2.34. The standard InChI is InChI=1S/C20H22N2O3S/c1-14-8-10-18(11-9-14)25-12-4-7-19(24)22-20(26)21-17-6-3-5-16(13-17)15(2)23/h3,5-6,8-11,13H,4,7,12H2,1-2H3,(H2,21,22,24,26). The van der Waals surface area contributed by atoms with Gasteiger partial charge in [0, 0.05) is 17.7 Å². The Morgan fingerprint density at radius 2 is 1.85 bits per heavy atom. The number of carbonyl (C=O) groups is 2. The molecule has 136 valence electrons. The summed E-state index contributed by atoms with van der Waals surface area (Å²) in [4.78, 5) is 23.3. The number of anilines is 1. The van der Waals surface area contributed by atoms with Gasteiger partial charge >= 0.3 is 0 Å². The van der Waals surface area contributed by atoms with E-state index in [1.54, 1.807) is 24.3 Å². The summed E-state index contributed by atoms with van der Waals surface area (Å²) >= 11 is 5.13. The van der Waals surface area contributed by atoms with Gasteiger partial charge in [-0.05, 0) is 56.8 Å². The summed E-state index contributed by atoms with van der Waals surface area (Å²) in [6, 6.07) is 14.7. The molecule has 0 saturated heterocycles. The molecule has 2 aromatic carbocycles. The molecule has 2 rings (SSSR count). The highest BCUT2D eigenvalue weighted by atomic mass is 32.1. The van der Waals surface area contributed by atoms with Gasteiger partial charge < -0.3 is 15.4 Å². The Balaban J connectivity index is 1.70. The minimum Gasteiger partial charge on any atom is -0.494 e. The molecule has 0 heterocycles. The van der Waals surface area contributed by atoms with Crippen LogP contribution in [0.5, 0.6) is 5.75 Å². The van der Waals surface area contributed by atoms with Gasteiger partial charge in [0.2, 0.25) is 5.91 Å². The quantitative estimate of drug-likeness (QED) is 0.440. The van der Waals surface area contributed by atoms with E-state index in [4.69, 9.17) is 17.0 Å². The number of benzene rings is 2. The lowest BCUT2D eigenvalue weighted by Gasteiger charge is -2.10. The molecule has 0 aliphatic rings. The molecular weight excluding hydrogens is 348 g/mol. The molecule has 0 radical (unpaired) electrons. The minimum atomic E-state index is -0.183. The first-order valence-corrected chi connectivity index (χ1v) is 8.76. The number of thiocarbonyl (C=S) groups is 1. The maximum Gasteiger partial charge on any atom is 0.226 e. The molecule has 0 spiro atoms. The van der Waals surface area contributed by atoms with Crippen LogP contribution in [-0.4, -0.2) is 23.4 Å². The second kappa shape index (κ2) is 9.68. The summed E-state index contributed by atoms with van der Waals surface area (Å²) < 4.78 is 5.59. The van der Waals surface area contributed by atoms with E-state index in [0.29, 0.717) is 30.7 Å². The summed E-state index contributed by atoms with van der Waals surface area (Å²) in [5.41, 5.74) is 2.41. The first-order chi connectivity index (χ1) is 12.4. The second-order valence-corrected chi connectivity index (χ2v) is 6.31. The van der Waals surface area contributed by atoms with E-state index in [-0.39, 0.29) is 16.8 Å². The van der Waals surface area contributed by atoms with E-state index in [9.17, 15) is 9.59 Å². The zero-order chi connectivity index (χ0) is 18.9. The topological polar surface area (TPSA) is 67.4 Å².